The van der Waals surface area contributed by atoms with Crippen LogP contribution in [0.2, 0.25) is 5.02 Å². The number of alkyl halides is 2. The average Bonchev–Trinajstić information content (AvgIpc) is 2.14. The summed E-state index contributed by atoms with van der Waals surface area (Å²) in [4.78, 5) is 0. The van der Waals surface area contributed by atoms with Gasteiger partial charge in [0.25, 0.3) is 5.92 Å². The molecule has 1 aromatic rings. The summed E-state index contributed by atoms with van der Waals surface area (Å²) < 4.78 is 51.5. The van der Waals surface area contributed by atoms with E-state index in [9.17, 15) is 17.6 Å². The van der Waals surface area contributed by atoms with Crippen LogP contribution in [0, 0.1) is 11.6 Å². The Hall–Kier alpha value is -0.810. The zero-order chi connectivity index (χ0) is 10.9. The quantitative estimate of drug-likeness (QED) is 0.610. The van der Waals surface area contributed by atoms with E-state index in [0.717, 1.165) is 0 Å². The van der Waals surface area contributed by atoms with Crippen molar-refractivity contribution in [2.24, 2.45) is 5.73 Å². The molecule has 0 amide bonds. The maximum absolute atomic E-state index is 13.0. The van der Waals surface area contributed by atoms with Crippen molar-refractivity contribution in [3.63, 3.8) is 0 Å². The molecule has 1 aromatic carbocycles. The number of halogens is 5. The largest absolute Gasteiger partial charge is 0.325 e. The van der Waals surface area contributed by atoms with Gasteiger partial charge in [0.2, 0.25) is 0 Å². The first-order valence-electron chi connectivity index (χ1n) is 3.62. The Morgan fingerprint density at radius 2 is 1.86 bits per heavy atom. The summed E-state index contributed by atoms with van der Waals surface area (Å²) in [5, 5.41) is -0.948. The van der Waals surface area contributed by atoms with Crippen molar-refractivity contribution in [1.82, 2.24) is 0 Å². The van der Waals surface area contributed by atoms with Crippen molar-refractivity contribution in [2.45, 2.75) is 5.92 Å². The normalized spacial score (nSPS) is 11.9. The van der Waals surface area contributed by atoms with E-state index in [1.807, 2.05) is 0 Å². The molecule has 0 heterocycles. The first-order chi connectivity index (χ1) is 6.40. The topological polar surface area (TPSA) is 26.0 Å². The van der Waals surface area contributed by atoms with Gasteiger partial charge in [0.1, 0.15) is 10.8 Å². The fourth-order valence-electron chi connectivity index (χ4n) is 0.918. The summed E-state index contributed by atoms with van der Waals surface area (Å²) in [6.07, 6.45) is 0. The van der Waals surface area contributed by atoms with E-state index in [1.54, 1.807) is 0 Å². The van der Waals surface area contributed by atoms with Gasteiger partial charge in [0, 0.05) is 0 Å². The molecule has 0 bridgehead atoms. The molecule has 0 saturated carbocycles. The summed E-state index contributed by atoms with van der Waals surface area (Å²) in [5.41, 5.74) is 3.75. The van der Waals surface area contributed by atoms with E-state index in [-0.39, 0.29) is 0 Å². The number of nitrogens with two attached hydrogens (primary N) is 1. The summed E-state index contributed by atoms with van der Waals surface area (Å²) in [6, 6.07) is 1.30. The van der Waals surface area contributed by atoms with Gasteiger partial charge in [-0.1, -0.05) is 11.6 Å². The second-order valence-electron chi connectivity index (χ2n) is 2.63. The standard InChI is InChI=1S/C8H6ClF4N/c9-6-5(10)2-1-4(7(6)11)8(12,13)3-14/h1-2H,3,14H2. The minimum absolute atomic E-state index is 0.628. The third kappa shape index (κ3) is 1.83. The molecule has 1 rings (SSSR count). The highest BCUT2D eigenvalue weighted by molar-refractivity contribution is 6.30. The van der Waals surface area contributed by atoms with Crippen molar-refractivity contribution < 1.29 is 17.6 Å². The van der Waals surface area contributed by atoms with E-state index < -0.39 is 34.7 Å². The molecule has 0 aromatic heterocycles. The second kappa shape index (κ2) is 3.74. The second-order valence-corrected chi connectivity index (χ2v) is 3.01. The van der Waals surface area contributed by atoms with Gasteiger partial charge in [-0.2, -0.15) is 8.78 Å². The summed E-state index contributed by atoms with van der Waals surface area (Å²) >= 11 is 5.12. The van der Waals surface area contributed by atoms with Crippen LogP contribution in [0.25, 0.3) is 0 Å². The van der Waals surface area contributed by atoms with Crippen LogP contribution in [0.3, 0.4) is 0 Å². The number of benzene rings is 1. The fraction of sp³-hybridized carbons (Fsp3) is 0.250. The Balaban J connectivity index is 3.31. The third-order valence-electron chi connectivity index (χ3n) is 1.69. The molecule has 6 heteroatoms. The summed E-state index contributed by atoms with van der Waals surface area (Å²) in [6.45, 7) is -1.06. The lowest BCUT2D eigenvalue weighted by molar-refractivity contribution is 0.00231. The Kier molecular flexibility index (Phi) is 3.01. The van der Waals surface area contributed by atoms with Crippen molar-refractivity contribution >= 4 is 11.6 Å². The van der Waals surface area contributed by atoms with Crippen LogP contribution < -0.4 is 5.73 Å². The number of rotatable bonds is 2. The molecule has 0 saturated heterocycles. The molecule has 2 N–H and O–H groups in total. The smallest absolute Gasteiger partial charge is 0.288 e. The maximum atomic E-state index is 13.0. The number of hydrogen-bond donors (Lipinski definition) is 1. The van der Waals surface area contributed by atoms with E-state index in [0.29, 0.717) is 12.1 Å². The highest BCUT2D eigenvalue weighted by Crippen LogP contribution is 2.32. The van der Waals surface area contributed by atoms with Crippen LogP contribution in [-0.2, 0) is 5.92 Å². The Morgan fingerprint density at radius 1 is 1.29 bits per heavy atom. The maximum Gasteiger partial charge on any atom is 0.288 e. The molecule has 78 valence electrons. The Labute approximate surface area is 82.5 Å². The van der Waals surface area contributed by atoms with Gasteiger partial charge in [0.15, 0.2) is 5.82 Å². The fourth-order valence-corrected chi connectivity index (χ4v) is 1.08. The molecular weight excluding hydrogens is 222 g/mol. The van der Waals surface area contributed by atoms with Crippen LogP contribution >= 0.6 is 11.6 Å². The van der Waals surface area contributed by atoms with Crippen molar-refractivity contribution in [1.29, 1.82) is 0 Å². The SMILES string of the molecule is NCC(F)(F)c1ccc(F)c(Cl)c1F. The Bertz CT molecular complexity index is 353. The predicted molar refractivity (Wildman–Crippen MR) is 44.3 cm³/mol. The molecule has 1 nitrogen and oxygen atoms in total. The van der Waals surface area contributed by atoms with Crippen LogP contribution in [0.5, 0.6) is 0 Å². The lowest BCUT2D eigenvalue weighted by atomic mass is 10.1. The molecule has 0 atom stereocenters. The average molecular weight is 228 g/mol. The van der Waals surface area contributed by atoms with E-state index in [1.165, 1.54) is 0 Å². The highest BCUT2D eigenvalue weighted by atomic mass is 35.5. The van der Waals surface area contributed by atoms with Crippen molar-refractivity contribution in [3.8, 4) is 0 Å². The van der Waals surface area contributed by atoms with Crippen molar-refractivity contribution in [3.05, 3.63) is 34.4 Å². The molecule has 0 spiro atoms. The minimum atomic E-state index is -3.54. The lowest BCUT2D eigenvalue weighted by Crippen LogP contribution is -2.26. The van der Waals surface area contributed by atoms with E-state index >= 15 is 0 Å². The van der Waals surface area contributed by atoms with Gasteiger partial charge in [-0.25, -0.2) is 8.78 Å². The van der Waals surface area contributed by atoms with Gasteiger partial charge >= 0.3 is 0 Å². The first kappa shape index (κ1) is 11.3. The lowest BCUT2D eigenvalue weighted by Gasteiger charge is -2.15. The van der Waals surface area contributed by atoms with Gasteiger partial charge in [-0.05, 0) is 12.1 Å². The zero-order valence-corrected chi connectivity index (χ0v) is 7.58. The van der Waals surface area contributed by atoms with Gasteiger partial charge in [0.05, 0.1) is 12.1 Å². The minimum Gasteiger partial charge on any atom is -0.325 e. The van der Waals surface area contributed by atoms with Crippen molar-refractivity contribution in [2.75, 3.05) is 6.54 Å². The number of hydrogen-bond acceptors (Lipinski definition) is 1. The van der Waals surface area contributed by atoms with Gasteiger partial charge < -0.3 is 5.73 Å². The highest BCUT2D eigenvalue weighted by Gasteiger charge is 2.34. The first-order valence-corrected chi connectivity index (χ1v) is 4.00. The van der Waals surface area contributed by atoms with Crippen LogP contribution in [0.1, 0.15) is 5.56 Å². The summed E-state index contributed by atoms with van der Waals surface area (Å²) in [7, 11) is 0. The summed E-state index contributed by atoms with van der Waals surface area (Å²) in [5.74, 6) is -6.09. The Morgan fingerprint density at radius 3 is 2.36 bits per heavy atom. The van der Waals surface area contributed by atoms with Gasteiger partial charge in [-0.15, -0.1) is 0 Å². The van der Waals surface area contributed by atoms with Crippen LogP contribution in [0.4, 0.5) is 17.6 Å². The zero-order valence-electron chi connectivity index (χ0n) is 6.83. The molecular formula is C8H6ClF4N. The van der Waals surface area contributed by atoms with Crippen LogP contribution in [0.15, 0.2) is 12.1 Å². The molecule has 0 fully saturated rings. The van der Waals surface area contributed by atoms with Gasteiger partial charge in [-0.3, -0.25) is 0 Å². The molecule has 0 unspecified atom stereocenters. The molecule has 0 aliphatic heterocycles. The molecule has 0 aliphatic rings. The van der Waals surface area contributed by atoms with E-state index in [4.69, 9.17) is 17.3 Å². The molecule has 0 radical (unpaired) electrons. The van der Waals surface area contributed by atoms with Crippen LogP contribution in [-0.4, -0.2) is 6.54 Å². The molecule has 14 heavy (non-hydrogen) atoms. The monoisotopic (exact) mass is 227 g/mol. The molecule has 0 aliphatic carbocycles. The predicted octanol–water partition coefficient (Wildman–Crippen LogP) is 2.67. The third-order valence-corrected chi connectivity index (χ3v) is 2.03. The van der Waals surface area contributed by atoms with E-state index in [2.05, 4.69) is 0 Å².